The highest BCUT2D eigenvalue weighted by molar-refractivity contribution is 6.19. The van der Waals surface area contributed by atoms with Crippen molar-refractivity contribution >= 4 is 120 Å². The Balaban J connectivity index is 0.000000138. The minimum Gasteiger partial charge on any atom is -0.398 e. The van der Waals surface area contributed by atoms with E-state index in [1.807, 2.05) is 31.2 Å². The van der Waals surface area contributed by atoms with E-state index in [0.717, 1.165) is 40.4 Å². The molecule has 0 spiro atoms. The Morgan fingerprint density at radius 3 is 1.39 bits per heavy atom. The highest BCUT2D eigenvalue weighted by Gasteiger charge is 2.23. The second-order valence-corrected chi connectivity index (χ2v) is 22.8. The fraction of sp³-hybridized carbons (Fsp3) is 0.0741. The Hall–Kier alpha value is -11.0. The van der Waals surface area contributed by atoms with E-state index in [1.165, 1.54) is 115 Å². The van der Waals surface area contributed by atoms with Gasteiger partial charge in [-0.3, -0.25) is 5.41 Å². The molecule has 0 amide bonds. The van der Waals surface area contributed by atoms with Gasteiger partial charge < -0.3 is 24.0 Å². The van der Waals surface area contributed by atoms with E-state index in [2.05, 4.69) is 293 Å². The molecular weight excluding hydrogens is 1060 g/mol. The third-order valence-electron chi connectivity index (χ3n) is 17.8. The number of nitrogens with zero attached hydrogens (tertiary/aromatic N) is 4. The van der Waals surface area contributed by atoms with Gasteiger partial charge in [-0.25, -0.2) is 0 Å². The zero-order valence-corrected chi connectivity index (χ0v) is 49.0. The molecule has 0 bridgehead atoms. The number of nitrogens with one attached hydrogen (secondary N) is 1. The van der Waals surface area contributed by atoms with Crippen LogP contribution >= 0.6 is 0 Å². The van der Waals surface area contributed by atoms with Crippen molar-refractivity contribution in [1.82, 2.24) is 18.3 Å². The first-order chi connectivity index (χ1) is 42.9. The van der Waals surface area contributed by atoms with Crippen molar-refractivity contribution in [3.05, 3.63) is 302 Å². The number of rotatable bonds is 7. The lowest BCUT2D eigenvalue weighted by atomic mass is 9.93. The summed E-state index contributed by atoms with van der Waals surface area (Å²) in [5.41, 5.74) is 24.0. The number of benzene rings is 12. The molecule has 1 aliphatic rings. The molecule has 4 aromatic heterocycles. The van der Waals surface area contributed by atoms with Crippen molar-refractivity contribution in [2.24, 2.45) is 0 Å². The molecule has 0 fully saturated rings. The Morgan fingerprint density at radius 1 is 0.448 bits per heavy atom. The van der Waals surface area contributed by atoms with Crippen LogP contribution in [-0.4, -0.2) is 24.0 Å². The predicted molar refractivity (Wildman–Crippen MR) is 372 cm³/mol. The van der Waals surface area contributed by atoms with Crippen LogP contribution in [0.15, 0.2) is 291 Å². The number of aromatic nitrogens is 4. The summed E-state index contributed by atoms with van der Waals surface area (Å²) in [6.07, 6.45) is 12.7. The van der Waals surface area contributed by atoms with Crippen LogP contribution in [0, 0.1) is 12.3 Å². The average molecular weight is 1120 g/mol. The molecular formula is C81H64N6. The molecule has 17 rings (SSSR count). The number of nitrogens with two attached hydrogens (primary N) is 1. The minimum absolute atomic E-state index is 0.136. The SMILES string of the molecule is C/C=C\CC.Cc1ccc(-n2c3ccccc3c3cc(-n4c5ccccc5c5ccccc54)ccc32)c2ccccc12.N=C(C1=CCC(n2c3ccccc3c3cc(-n4c5ccccc5c5ccccc54)ccc32)C=C1)c1ccc2ccccc2c1N. The van der Waals surface area contributed by atoms with Gasteiger partial charge in [-0.2, -0.15) is 0 Å². The first-order valence-corrected chi connectivity index (χ1v) is 30.3. The maximum atomic E-state index is 9.04. The van der Waals surface area contributed by atoms with E-state index in [-0.39, 0.29) is 6.04 Å². The van der Waals surface area contributed by atoms with Gasteiger partial charge in [0.05, 0.1) is 50.5 Å². The summed E-state index contributed by atoms with van der Waals surface area (Å²) >= 11 is 0. The lowest BCUT2D eigenvalue weighted by molar-refractivity contribution is 0.646. The third kappa shape index (κ3) is 8.82. The van der Waals surface area contributed by atoms with Crippen molar-refractivity contribution in [3.8, 4) is 17.1 Å². The molecule has 1 atom stereocenters. The lowest BCUT2D eigenvalue weighted by Gasteiger charge is -2.21. The van der Waals surface area contributed by atoms with Crippen molar-refractivity contribution in [2.75, 3.05) is 5.73 Å². The summed E-state index contributed by atoms with van der Waals surface area (Å²) in [5.74, 6) is 0. The predicted octanol–water partition coefficient (Wildman–Crippen LogP) is 21.4. The molecule has 16 aromatic rings. The lowest BCUT2D eigenvalue weighted by Crippen LogP contribution is -2.12. The number of hydrogen-bond donors (Lipinski definition) is 2. The number of fused-ring (bicyclic) bond motifs is 14. The van der Waals surface area contributed by atoms with Crippen LogP contribution in [0.3, 0.4) is 0 Å². The molecule has 12 aromatic carbocycles. The quantitative estimate of drug-likeness (QED) is 0.0932. The molecule has 1 unspecified atom stereocenters. The maximum absolute atomic E-state index is 9.04. The average Bonchev–Trinajstić information content (AvgIpc) is 1.91. The molecule has 0 radical (unpaired) electrons. The first-order valence-electron chi connectivity index (χ1n) is 30.3. The van der Waals surface area contributed by atoms with Crippen LogP contribution in [0.2, 0.25) is 0 Å². The Bertz CT molecular complexity index is 5390. The molecule has 6 heteroatoms. The smallest absolute Gasteiger partial charge is 0.0702 e. The standard InChI is InChI=1S/C41H30N4.C35H24N2.C5H10/c42-40(34-23-19-26-9-1-2-10-30(26)41(34)43)27-17-20-28(21-18-27)44-38-16-8-5-13-33(38)35-25-29(22-24-39(35)44)45-36-14-6-3-11-31(36)32-12-4-7-15-37(32)45;1-23-18-20-34(26-11-3-2-10-25(23)26)37-33-17-9-6-14-29(33)30-22-24(19-21-35(30)37)36-31-15-7-4-12-27(31)28-13-5-8-16-32(28)36;1-3-5-4-2/h1-20,22-25,28,42H,21,43H2;2-22H,1H3;3,5H,4H2,1-2H3/b;;5-3-. The Morgan fingerprint density at radius 2 is 0.874 bits per heavy atom. The molecule has 3 N–H and O–H groups in total. The number of aryl methyl sites for hydroxylation is 1. The maximum Gasteiger partial charge on any atom is 0.0702 e. The van der Waals surface area contributed by atoms with Crippen LogP contribution in [0.1, 0.15) is 43.9 Å². The molecule has 6 nitrogen and oxygen atoms in total. The molecule has 87 heavy (non-hydrogen) atoms. The van der Waals surface area contributed by atoms with Crippen molar-refractivity contribution in [3.63, 3.8) is 0 Å². The van der Waals surface area contributed by atoms with Gasteiger partial charge in [0.2, 0.25) is 0 Å². The normalized spacial score (nSPS) is 13.4. The molecule has 418 valence electrons. The molecule has 1 aliphatic carbocycles. The second kappa shape index (κ2) is 21.9. The summed E-state index contributed by atoms with van der Waals surface area (Å²) in [7, 11) is 0. The van der Waals surface area contributed by atoms with Gasteiger partial charge in [-0.1, -0.05) is 213 Å². The summed E-state index contributed by atoms with van der Waals surface area (Å²) in [6, 6.07) is 91.5. The number of allylic oxidation sites excluding steroid dienone is 6. The van der Waals surface area contributed by atoms with Crippen LogP contribution < -0.4 is 5.73 Å². The van der Waals surface area contributed by atoms with Crippen LogP contribution in [0.4, 0.5) is 5.69 Å². The number of nitrogen functional groups attached to an aromatic ring is 1. The fourth-order valence-corrected chi connectivity index (χ4v) is 13.8. The van der Waals surface area contributed by atoms with Gasteiger partial charge in [-0.05, 0) is 127 Å². The fourth-order valence-electron chi connectivity index (χ4n) is 13.8. The van der Waals surface area contributed by atoms with Gasteiger partial charge in [-0.15, -0.1) is 0 Å². The topological polar surface area (TPSA) is 69.6 Å². The molecule has 0 aliphatic heterocycles. The van der Waals surface area contributed by atoms with E-state index in [1.54, 1.807) is 0 Å². The van der Waals surface area contributed by atoms with Gasteiger partial charge in [0.1, 0.15) is 0 Å². The van der Waals surface area contributed by atoms with E-state index in [0.29, 0.717) is 11.4 Å². The van der Waals surface area contributed by atoms with E-state index in [9.17, 15) is 0 Å². The minimum atomic E-state index is 0.136. The van der Waals surface area contributed by atoms with Gasteiger partial charge in [0, 0.05) is 87.5 Å². The number of anilines is 1. The van der Waals surface area contributed by atoms with Gasteiger partial charge in [0.15, 0.2) is 0 Å². The second-order valence-electron chi connectivity index (χ2n) is 22.8. The van der Waals surface area contributed by atoms with E-state index in [4.69, 9.17) is 11.1 Å². The number of hydrogen-bond acceptors (Lipinski definition) is 2. The summed E-state index contributed by atoms with van der Waals surface area (Å²) in [4.78, 5) is 0. The third-order valence-corrected chi connectivity index (χ3v) is 17.8. The highest BCUT2D eigenvalue weighted by atomic mass is 15.0. The van der Waals surface area contributed by atoms with Crippen LogP contribution in [0.5, 0.6) is 0 Å². The molecule has 4 heterocycles. The van der Waals surface area contributed by atoms with E-state index < -0.39 is 0 Å². The van der Waals surface area contributed by atoms with Crippen LogP contribution in [0.25, 0.3) is 126 Å². The van der Waals surface area contributed by atoms with E-state index >= 15 is 0 Å². The Labute approximate surface area is 505 Å². The summed E-state index contributed by atoms with van der Waals surface area (Å²) < 4.78 is 9.67. The molecule has 0 saturated heterocycles. The number of para-hydroxylation sites is 6. The Kier molecular flexibility index (Phi) is 13.3. The van der Waals surface area contributed by atoms with Crippen molar-refractivity contribution < 1.29 is 0 Å². The van der Waals surface area contributed by atoms with Crippen molar-refractivity contribution in [1.29, 1.82) is 5.41 Å². The monoisotopic (exact) mass is 1120 g/mol. The summed E-state index contributed by atoms with van der Waals surface area (Å²) in [6.45, 7) is 6.35. The summed E-state index contributed by atoms with van der Waals surface area (Å²) in [5, 5.41) is 23.8. The highest BCUT2D eigenvalue weighted by Crippen LogP contribution is 2.41. The first kappa shape index (κ1) is 52.8. The zero-order chi connectivity index (χ0) is 58.7. The zero-order valence-electron chi connectivity index (χ0n) is 49.0. The van der Waals surface area contributed by atoms with Gasteiger partial charge in [0.25, 0.3) is 0 Å². The van der Waals surface area contributed by atoms with Crippen LogP contribution in [-0.2, 0) is 0 Å². The van der Waals surface area contributed by atoms with Gasteiger partial charge >= 0.3 is 0 Å². The largest absolute Gasteiger partial charge is 0.398 e. The molecule has 0 saturated carbocycles. The van der Waals surface area contributed by atoms with Crippen molar-refractivity contribution in [2.45, 2.75) is 39.7 Å².